The lowest BCUT2D eigenvalue weighted by Crippen LogP contribution is -2.34. The summed E-state index contributed by atoms with van der Waals surface area (Å²) in [7, 11) is 0. The zero-order valence-electron chi connectivity index (χ0n) is 7.88. The minimum absolute atomic E-state index is 0.436. The molecule has 0 aromatic carbocycles. The maximum absolute atomic E-state index is 5.50. The fourth-order valence-corrected chi connectivity index (χ4v) is 1.45. The van der Waals surface area contributed by atoms with Crippen LogP contribution in [0.25, 0.3) is 0 Å². The first kappa shape index (κ1) is 9.96. The van der Waals surface area contributed by atoms with E-state index < -0.39 is 0 Å². The maximum atomic E-state index is 5.50. The molecule has 1 heterocycles. The molecule has 2 atom stereocenters. The van der Waals surface area contributed by atoms with Gasteiger partial charge >= 0.3 is 0 Å². The number of nitrogens with one attached hydrogen (secondary N) is 1. The van der Waals surface area contributed by atoms with Gasteiger partial charge in [-0.2, -0.15) is 0 Å². The molecule has 1 fully saturated rings. The van der Waals surface area contributed by atoms with Gasteiger partial charge in [0.15, 0.2) is 0 Å². The normalized spacial score (nSPS) is 26.0. The van der Waals surface area contributed by atoms with E-state index >= 15 is 0 Å². The molecule has 0 saturated carbocycles. The molecule has 1 unspecified atom stereocenters. The van der Waals surface area contributed by atoms with Gasteiger partial charge in [-0.25, -0.2) is 0 Å². The number of nitrogens with two attached hydrogens (primary N) is 1. The van der Waals surface area contributed by atoms with Crippen LogP contribution in [0, 0.1) is 0 Å². The third-order valence-electron chi connectivity index (χ3n) is 2.34. The SMILES string of the molecule is C[C@H](CN)NCCC1CCCO1. The molecule has 3 N–H and O–H groups in total. The molecular weight excluding hydrogens is 152 g/mol. The Hall–Kier alpha value is -0.120. The smallest absolute Gasteiger partial charge is 0.0588 e. The summed E-state index contributed by atoms with van der Waals surface area (Å²) in [5.74, 6) is 0. The van der Waals surface area contributed by atoms with E-state index in [4.69, 9.17) is 10.5 Å². The number of hydrogen-bond donors (Lipinski definition) is 2. The Morgan fingerprint density at radius 2 is 2.50 bits per heavy atom. The molecule has 3 nitrogen and oxygen atoms in total. The summed E-state index contributed by atoms with van der Waals surface area (Å²) < 4.78 is 5.50. The van der Waals surface area contributed by atoms with Crippen LogP contribution < -0.4 is 11.1 Å². The van der Waals surface area contributed by atoms with E-state index in [1.807, 2.05) is 0 Å². The monoisotopic (exact) mass is 172 g/mol. The van der Waals surface area contributed by atoms with Gasteiger partial charge in [0.1, 0.15) is 0 Å². The van der Waals surface area contributed by atoms with Gasteiger partial charge in [0.25, 0.3) is 0 Å². The van der Waals surface area contributed by atoms with E-state index in [1.165, 1.54) is 12.8 Å². The Labute approximate surface area is 74.7 Å². The Morgan fingerprint density at radius 3 is 3.08 bits per heavy atom. The van der Waals surface area contributed by atoms with Crippen molar-refractivity contribution < 1.29 is 4.74 Å². The molecule has 3 heteroatoms. The van der Waals surface area contributed by atoms with Crippen molar-refractivity contribution in [2.75, 3.05) is 19.7 Å². The first-order valence-electron chi connectivity index (χ1n) is 4.88. The van der Waals surface area contributed by atoms with Crippen molar-refractivity contribution in [2.45, 2.75) is 38.3 Å². The van der Waals surface area contributed by atoms with Crippen LogP contribution in [0.2, 0.25) is 0 Å². The van der Waals surface area contributed by atoms with E-state index in [1.54, 1.807) is 0 Å². The molecular formula is C9H20N2O. The largest absolute Gasteiger partial charge is 0.378 e. The first-order valence-corrected chi connectivity index (χ1v) is 4.88. The molecule has 0 aromatic rings. The molecule has 0 aromatic heterocycles. The predicted octanol–water partition coefficient (Wildman–Crippen LogP) is 0.492. The van der Waals surface area contributed by atoms with E-state index in [0.29, 0.717) is 18.7 Å². The van der Waals surface area contributed by atoms with E-state index in [0.717, 1.165) is 19.6 Å². The highest BCUT2D eigenvalue weighted by Crippen LogP contribution is 2.14. The van der Waals surface area contributed by atoms with E-state index in [2.05, 4.69) is 12.2 Å². The average Bonchev–Trinajstić information content (AvgIpc) is 2.57. The van der Waals surface area contributed by atoms with Crippen molar-refractivity contribution in [3.8, 4) is 0 Å². The van der Waals surface area contributed by atoms with Gasteiger partial charge in [0.2, 0.25) is 0 Å². The highest BCUT2D eigenvalue weighted by atomic mass is 16.5. The fraction of sp³-hybridized carbons (Fsp3) is 1.00. The van der Waals surface area contributed by atoms with Gasteiger partial charge in [0, 0.05) is 19.2 Å². The van der Waals surface area contributed by atoms with Gasteiger partial charge in [-0.1, -0.05) is 0 Å². The predicted molar refractivity (Wildman–Crippen MR) is 50.1 cm³/mol. The second kappa shape index (κ2) is 5.51. The molecule has 12 heavy (non-hydrogen) atoms. The van der Waals surface area contributed by atoms with Gasteiger partial charge in [-0.05, 0) is 32.7 Å². The van der Waals surface area contributed by atoms with Crippen molar-refractivity contribution in [3.63, 3.8) is 0 Å². The van der Waals surface area contributed by atoms with Crippen LogP contribution in [-0.2, 0) is 4.74 Å². The van der Waals surface area contributed by atoms with E-state index in [9.17, 15) is 0 Å². The minimum atomic E-state index is 0.436. The summed E-state index contributed by atoms with van der Waals surface area (Å²) in [4.78, 5) is 0. The molecule has 0 spiro atoms. The van der Waals surface area contributed by atoms with Crippen molar-refractivity contribution in [3.05, 3.63) is 0 Å². The van der Waals surface area contributed by atoms with Crippen LogP contribution in [0.4, 0.5) is 0 Å². The second-order valence-electron chi connectivity index (χ2n) is 3.51. The number of ether oxygens (including phenoxy) is 1. The summed E-state index contributed by atoms with van der Waals surface area (Å²) in [6.45, 7) is 4.81. The minimum Gasteiger partial charge on any atom is -0.378 e. The molecule has 1 aliphatic rings. The Kier molecular flexibility index (Phi) is 4.58. The van der Waals surface area contributed by atoms with Crippen LogP contribution in [0.5, 0.6) is 0 Å². The van der Waals surface area contributed by atoms with Crippen molar-refractivity contribution in [2.24, 2.45) is 5.73 Å². The molecule has 0 bridgehead atoms. The van der Waals surface area contributed by atoms with Gasteiger partial charge in [-0.15, -0.1) is 0 Å². The average molecular weight is 172 g/mol. The Bertz CT molecular complexity index is 113. The van der Waals surface area contributed by atoms with Gasteiger partial charge in [-0.3, -0.25) is 0 Å². The molecule has 1 rings (SSSR count). The lowest BCUT2D eigenvalue weighted by atomic mass is 10.2. The first-order chi connectivity index (χ1) is 5.83. The molecule has 1 saturated heterocycles. The quantitative estimate of drug-likeness (QED) is 0.634. The summed E-state index contributed by atoms with van der Waals surface area (Å²) >= 11 is 0. The highest BCUT2D eigenvalue weighted by Gasteiger charge is 2.14. The highest BCUT2D eigenvalue weighted by molar-refractivity contribution is 4.68. The van der Waals surface area contributed by atoms with Crippen LogP contribution in [0.15, 0.2) is 0 Å². The number of rotatable bonds is 5. The molecule has 0 aliphatic carbocycles. The summed E-state index contributed by atoms with van der Waals surface area (Å²) in [5.41, 5.74) is 5.47. The molecule has 72 valence electrons. The lowest BCUT2D eigenvalue weighted by Gasteiger charge is -2.13. The zero-order valence-corrected chi connectivity index (χ0v) is 7.88. The van der Waals surface area contributed by atoms with Crippen LogP contribution >= 0.6 is 0 Å². The maximum Gasteiger partial charge on any atom is 0.0588 e. The van der Waals surface area contributed by atoms with Crippen LogP contribution in [0.3, 0.4) is 0 Å². The lowest BCUT2D eigenvalue weighted by molar-refractivity contribution is 0.104. The van der Waals surface area contributed by atoms with Gasteiger partial charge < -0.3 is 15.8 Å². The summed E-state index contributed by atoms with van der Waals surface area (Å²) in [6, 6.07) is 0.436. The molecule has 0 radical (unpaired) electrons. The van der Waals surface area contributed by atoms with Crippen molar-refractivity contribution in [1.29, 1.82) is 0 Å². The van der Waals surface area contributed by atoms with Crippen LogP contribution in [0.1, 0.15) is 26.2 Å². The summed E-state index contributed by atoms with van der Waals surface area (Å²) in [6.07, 6.45) is 4.10. The third-order valence-corrected chi connectivity index (χ3v) is 2.34. The number of hydrogen-bond acceptors (Lipinski definition) is 3. The summed E-state index contributed by atoms with van der Waals surface area (Å²) in [5, 5.41) is 3.35. The van der Waals surface area contributed by atoms with E-state index in [-0.39, 0.29) is 0 Å². The topological polar surface area (TPSA) is 47.3 Å². The second-order valence-corrected chi connectivity index (χ2v) is 3.51. The fourth-order valence-electron chi connectivity index (χ4n) is 1.45. The molecule has 1 aliphatic heterocycles. The standard InChI is InChI=1S/C9H20N2O/c1-8(7-10)11-5-4-9-3-2-6-12-9/h8-9,11H,2-7,10H2,1H3/t8-,9?/m1/s1. The van der Waals surface area contributed by atoms with Crippen LogP contribution in [-0.4, -0.2) is 31.8 Å². The third kappa shape index (κ3) is 3.52. The van der Waals surface area contributed by atoms with Crippen molar-refractivity contribution in [1.82, 2.24) is 5.32 Å². The van der Waals surface area contributed by atoms with Crippen molar-refractivity contribution >= 4 is 0 Å². The Morgan fingerprint density at radius 1 is 1.67 bits per heavy atom. The Balaban J connectivity index is 1.94. The molecule has 0 amide bonds. The zero-order chi connectivity index (χ0) is 8.81. The van der Waals surface area contributed by atoms with Gasteiger partial charge in [0.05, 0.1) is 6.10 Å².